The Morgan fingerprint density at radius 2 is 1.40 bits per heavy atom. The molecule has 0 radical (unpaired) electrons. The summed E-state index contributed by atoms with van der Waals surface area (Å²) in [6.45, 7) is 2.68. The van der Waals surface area contributed by atoms with Gasteiger partial charge in [-0.05, 0) is 92.0 Å². The Bertz CT molecular complexity index is 1540. The highest BCUT2D eigenvalue weighted by Crippen LogP contribution is 2.42. The average Bonchev–Trinajstić information content (AvgIpc) is 2.97. The first-order valence-corrected chi connectivity index (χ1v) is 14.0. The minimum absolute atomic E-state index is 0.0303. The first-order valence-electron chi connectivity index (χ1n) is 14.0. The van der Waals surface area contributed by atoms with Crippen LogP contribution in [0.1, 0.15) is 59.3 Å². The van der Waals surface area contributed by atoms with E-state index in [0.717, 1.165) is 12.1 Å². The van der Waals surface area contributed by atoms with Gasteiger partial charge < -0.3 is 19.7 Å². The van der Waals surface area contributed by atoms with Gasteiger partial charge in [-0.1, -0.05) is 6.07 Å². The maximum Gasteiger partial charge on any atom is 0.416 e. The molecule has 0 aliphatic rings. The molecule has 0 aliphatic carbocycles. The van der Waals surface area contributed by atoms with Gasteiger partial charge in [0.25, 0.3) is 0 Å². The highest BCUT2D eigenvalue weighted by molar-refractivity contribution is 5.76. The number of rotatable bonds is 12. The van der Waals surface area contributed by atoms with Crippen molar-refractivity contribution in [3.05, 3.63) is 81.9 Å². The van der Waals surface area contributed by atoms with Gasteiger partial charge in [-0.2, -0.15) is 39.5 Å². The van der Waals surface area contributed by atoms with Gasteiger partial charge in [-0.25, -0.2) is 0 Å². The van der Waals surface area contributed by atoms with E-state index in [1.165, 1.54) is 38.1 Å². The molecule has 0 bridgehead atoms. The van der Waals surface area contributed by atoms with Gasteiger partial charge in [0.15, 0.2) is 0 Å². The van der Waals surface area contributed by atoms with Crippen molar-refractivity contribution in [1.82, 2.24) is 4.90 Å². The summed E-state index contributed by atoms with van der Waals surface area (Å²) in [5.74, 6) is -0.465. The van der Waals surface area contributed by atoms with Crippen molar-refractivity contribution in [2.75, 3.05) is 20.8 Å². The number of carboxylic acid groups (broad SMARTS) is 1. The molecule has 3 aromatic rings. The summed E-state index contributed by atoms with van der Waals surface area (Å²) in [4.78, 5) is 12.1. The van der Waals surface area contributed by atoms with E-state index in [9.17, 15) is 49.4 Å². The zero-order valence-corrected chi connectivity index (χ0v) is 25.6. The molecule has 6 nitrogen and oxygen atoms in total. The zero-order chi connectivity index (χ0) is 35.5. The first-order chi connectivity index (χ1) is 21.6. The van der Waals surface area contributed by atoms with Crippen LogP contribution in [0.2, 0.25) is 0 Å². The lowest BCUT2D eigenvalue weighted by molar-refractivity contribution is -0.143. The SMILES string of the molecule is COc1cc(C)c(OCCCC(=O)O)cc1-c1ccc(C(F)(F)F)cc1CN(C)C(C)C(O)c1cc(C(F)(F)F)cc(C(F)(F)F)c1. The minimum atomic E-state index is -5.15. The smallest absolute Gasteiger partial charge is 0.416 e. The first kappa shape index (κ1) is 37.5. The van der Waals surface area contributed by atoms with Crippen LogP contribution < -0.4 is 9.47 Å². The molecule has 2 N–H and O–H groups in total. The number of benzene rings is 3. The van der Waals surface area contributed by atoms with Crippen molar-refractivity contribution in [3.8, 4) is 22.6 Å². The van der Waals surface area contributed by atoms with E-state index in [1.54, 1.807) is 13.0 Å². The highest BCUT2D eigenvalue weighted by Gasteiger charge is 2.38. The molecule has 0 saturated carbocycles. The number of hydrogen-bond donors (Lipinski definition) is 2. The Labute approximate surface area is 264 Å². The molecule has 3 aromatic carbocycles. The van der Waals surface area contributed by atoms with Gasteiger partial charge in [-0.15, -0.1) is 0 Å². The second-order valence-corrected chi connectivity index (χ2v) is 11.0. The van der Waals surface area contributed by atoms with Crippen molar-refractivity contribution in [3.63, 3.8) is 0 Å². The Balaban J connectivity index is 2.05. The minimum Gasteiger partial charge on any atom is -0.496 e. The fraction of sp³-hybridized carbons (Fsp3) is 0.406. The van der Waals surface area contributed by atoms with Gasteiger partial charge in [-0.3, -0.25) is 9.69 Å². The lowest BCUT2D eigenvalue weighted by atomic mass is 9.93. The monoisotopic (exact) mass is 681 g/mol. The fourth-order valence-electron chi connectivity index (χ4n) is 4.85. The molecule has 0 fully saturated rings. The largest absolute Gasteiger partial charge is 0.496 e. The van der Waals surface area contributed by atoms with Crippen LogP contribution in [0.15, 0.2) is 48.5 Å². The number of aryl methyl sites for hydroxylation is 1. The van der Waals surface area contributed by atoms with Crippen molar-refractivity contribution in [1.29, 1.82) is 0 Å². The topological polar surface area (TPSA) is 79.2 Å². The van der Waals surface area contributed by atoms with Gasteiger partial charge in [0.2, 0.25) is 0 Å². The number of carbonyl (C=O) groups is 1. The number of aliphatic hydroxyl groups excluding tert-OH is 1. The van der Waals surface area contributed by atoms with E-state index < -0.39 is 58.9 Å². The van der Waals surface area contributed by atoms with Crippen LogP contribution in [0.4, 0.5) is 39.5 Å². The molecule has 0 saturated heterocycles. The van der Waals surface area contributed by atoms with Crippen LogP contribution >= 0.6 is 0 Å². The van der Waals surface area contributed by atoms with Crippen molar-refractivity contribution < 1.29 is 64.0 Å². The lowest BCUT2D eigenvalue weighted by Gasteiger charge is -2.31. The van der Waals surface area contributed by atoms with E-state index >= 15 is 0 Å². The van der Waals surface area contributed by atoms with Crippen molar-refractivity contribution in [2.45, 2.75) is 63.9 Å². The molecule has 3 rings (SSSR count). The molecule has 0 aliphatic heterocycles. The maximum atomic E-state index is 13.8. The van der Waals surface area contributed by atoms with Crippen molar-refractivity contribution in [2.24, 2.45) is 0 Å². The van der Waals surface area contributed by atoms with Gasteiger partial charge in [0, 0.05) is 24.6 Å². The van der Waals surface area contributed by atoms with Gasteiger partial charge in [0.05, 0.1) is 36.5 Å². The third kappa shape index (κ3) is 9.53. The number of aliphatic carboxylic acids is 1. The Morgan fingerprint density at radius 3 is 1.91 bits per heavy atom. The third-order valence-corrected chi connectivity index (χ3v) is 7.54. The maximum absolute atomic E-state index is 13.8. The summed E-state index contributed by atoms with van der Waals surface area (Å²) in [6, 6.07) is 5.51. The van der Waals surface area contributed by atoms with Crippen LogP contribution in [0.5, 0.6) is 11.5 Å². The molecule has 258 valence electrons. The molecular formula is C32H32F9NO5. The molecule has 0 heterocycles. The normalized spacial score (nSPS) is 13.9. The summed E-state index contributed by atoms with van der Waals surface area (Å²) < 4.78 is 133. The summed E-state index contributed by atoms with van der Waals surface area (Å²) in [5.41, 5.74) is -3.79. The number of halogens is 9. The Hall–Kier alpha value is -3.98. The number of alkyl halides is 9. The highest BCUT2D eigenvalue weighted by atomic mass is 19.4. The summed E-state index contributed by atoms with van der Waals surface area (Å²) in [7, 11) is 2.68. The number of aliphatic hydroxyl groups is 1. The number of methoxy groups -OCH3 is 1. The molecule has 0 aromatic heterocycles. The number of carboxylic acids is 1. The van der Waals surface area contributed by atoms with E-state index in [0.29, 0.717) is 29.0 Å². The Morgan fingerprint density at radius 1 is 0.830 bits per heavy atom. The fourth-order valence-corrected chi connectivity index (χ4v) is 4.85. The van der Waals surface area contributed by atoms with E-state index in [1.807, 2.05) is 0 Å². The number of likely N-dealkylation sites (N-methyl/N-ethyl adjacent to an activating group) is 1. The average molecular weight is 682 g/mol. The van der Waals surface area contributed by atoms with Crippen LogP contribution in [-0.4, -0.2) is 47.9 Å². The summed E-state index contributed by atoms with van der Waals surface area (Å²) >= 11 is 0. The molecule has 2 atom stereocenters. The number of hydrogen-bond acceptors (Lipinski definition) is 5. The molecule has 2 unspecified atom stereocenters. The van der Waals surface area contributed by atoms with E-state index in [4.69, 9.17) is 14.6 Å². The number of ether oxygens (including phenoxy) is 2. The van der Waals surface area contributed by atoms with E-state index in [-0.39, 0.29) is 48.9 Å². The van der Waals surface area contributed by atoms with E-state index in [2.05, 4.69) is 0 Å². The predicted molar refractivity (Wildman–Crippen MR) is 153 cm³/mol. The molecule has 15 heteroatoms. The van der Waals surface area contributed by atoms with Crippen LogP contribution in [-0.2, 0) is 29.9 Å². The zero-order valence-electron chi connectivity index (χ0n) is 25.6. The van der Waals surface area contributed by atoms with Crippen LogP contribution in [0, 0.1) is 6.92 Å². The molecular weight excluding hydrogens is 649 g/mol. The van der Waals surface area contributed by atoms with Gasteiger partial charge in [0.1, 0.15) is 11.5 Å². The molecule has 0 spiro atoms. The second kappa shape index (κ2) is 14.4. The predicted octanol–water partition coefficient (Wildman–Crippen LogP) is 8.52. The number of nitrogens with zero attached hydrogens (tertiary/aromatic N) is 1. The quantitative estimate of drug-likeness (QED) is 0.147. The second-order valence-electron chi connectivity index (χ2n) is 11.0. The van der Waals surface area contributed by atoms with Crippen LogP contribution in [0.3, 0.4) is 0 Å². The van der Waals surface area contributed by atoms with Gasteiger partial charge >= 0.3 is 24.5 Å². The summed E-state index contributed by atoms with van der Waals surface area (Å²) in [6.07, 6.45) is -16.9. The standard InChI is InChI=1S/C32H32F9NO5/c1-17-10-27(46-4)25(15-26(17)47-9-5-6-28(43)44)24-8-7-21(30(33,34)35)13-20(24)16-42(3)18(2)29(45)19-11-22(31(36,37)38)14-23(12-19)32(39,40)41/h7-8,10-15,18,29,45H,5-6,9,16H2,1-4H3,(H,43,44). The van der Waals surface area contributed by atoms with Crippen LogP contribution in [0.25, 0.3) is 11.1 Å². The summed E-state index contributed by atoms with van der Waals surface area (Å²) in [5, 5.41) is 19.8. The third-order valence-electron chi connectivity index (χ3n) is 7.54. The molecule has 0 amide bonds. The lowest BCUT2D eigenvalue weighted by Crippen LogP contribution is -2.34. The molecule has 47 heavy (non-hydrogen) atoms. The van der Waals surface area contributed by atoms with Crippen molar-refractivity contribution >= 4 is 5.97 Å². The Kier molecular flexibility index (Phi) is 11.5.